The molecule has 1 unspecified atom stereocenters. The van der Waals surface area contributed by atoms with Gasteiger partial charge in [-0.2, -0.15) is 0 Å². The second kappa shape index (κ2) is 5.42. The van der Waals surface area contributed by atoms with Crippen LogP contribution in [0.25, 0.3) is 10.9 Å². The van der Waals surface area contributed by atoms with E-state index >= 15 is 0 Å². The van der Waals surface area contributed by atoms with Gasteiger partial charge in [-0.1, -0.05) is 17.7 Å². The molecule has 19 heavy (non-hydrogen) atoms. The lowest BCUT2D eigenvalue weighted by molar-refractivity contribution is -0.138. The first-order valence-corrected chi connectivity index (χ1v) is 6.02. The SMILES string of the molecule is COc1ccc2c(Cl)c(C(CN)C(=O)O)ccc2n1. The van der Waals surface area contributed by atoms with Gasteiger partial charge in [-0.3, -0.25) is 4.79 Å². The van der Waals surface area contributed by atoms with Crippen molar-refractivity contribution in [2.24, 2.45) is 5.73 Å². The van der Waals surface area contributed by atoms with Gasteiger partial charge in [0.25, 0.3) is 0 Å². The third kappa shape index (κ3) is 2.47. The predicted octanol–water partition coefficient (Wildman–Crippen LogP) is 2.02. The minimum absolute atomic E-state index is 0.00978. The van der Waals surface area contributed by atoms with E-state index in [0.717, 1.165) is 0 Å². The van der Waals surface area contributed by atoms with Crippen molar-refractivity contribution in [2.45, 2.75) is 5.92 Å². The number of ether oxygens (including phenoxy) is 1. The van der Waals surface area contributed by atoms with Gasteiger partial charge in [0.1, 0.15) is 0 Å². The van der Waals surface area contributed by atoms with Crippen molar-refractivity contribution >= 4 is 28.5 Å². The highest BCUT2D eigenvalue weighted by Gasteiger charge is 2.22. The molecular weight excluding hydrogens is 268 g/mol. The van der Waals surface area contributed by atoms with E-state index in [4.69, 9.17) is 27.2 Å². The average Bonchev–Trinajstić information content (AvgIpc) is 2.41. The van der Waals surface area contributed by atoms with Crippen molar-refractivity contribution in [3.05, 3.63) is 34.9 Å². The summed E-state index contributed by atoms with van der Waals surface area (Å²) >= 11 is 6.25. The molecule has 0 spiro atoms. The number of halogens is 1. The molecule has 1 heterocycles. The Labute approximate surface area is 115 Å². The Kier molecular flexibility index (Phi) is 3.87. The summed E-state index contributed by atoms with van der Waals surface area (Å²) in [6, 6.07) is 6.78. The maximum Gasteiger partial charge on any atom is 0.312 e. The number of nitrogens with two attached hydrogens (primary N) is 1. The fraction of sp³-hybridized carbons (Fsp3) is 0.231. The van der Waals surface area contributed by atoms with E-state index in [9.17, 15) is 4.79 Å². The molecule has 0 amide bonds. The Morgan fingerprint density at radius 3 is 2.79 bits per heavy atom. The predicted molar refractivity (Wildman–Crippen MR) is 72.7 cm³/mol. The first-order valence-electron chi connectivity index (χ1n) is 5.64. The smallest absolute Gasteiger partial charge is 0.312 e. The lowest BCUT2D eigenvalue weighted by Gasteiger charge is -2.13. The van der Waals surface area contributed by atoms with Crippen LogP contribution in [0.5, 0.6) is 5.88 Å². The Bertz CT molecular complexity index is 631. The van der Waals surface area contributed by atoms with Crippen LogP contribution >= 0.6 is 11.6 Å². The van der Waals surface area contributed by atoms with E-state index in [0.29, 0.717) is 27.4 Å². The highest BCUT2D eigenvalue weighted by atomic mass is 35.5. The minimum atomic E-state index is -0.995. The average molecular weight is 281 g/mol. The Balaban J connectivity index is 2.60. The van der Waals surface area contributed by atoms with Crippen molar-refractivity contribution in [3.8, 4) is 5.88 Å². The number of methoxy groups -OCH3 is 1. The zero-order valence-electron chi connectivity index (χ0n) is 10.3. The molecule has 100 valence electrons. The molecule has 1 atom stereocenters. The van der Waals surface area contributed by atoms with Crippen LogP contribution in [0.4, 0.5) is 0 Å². The van der Waals surface area contributed by atoms with Gasteiger partial charge >= 0.3 is 5.97 Å². The first-order chi connectivity index (χ1) is 9.08. The fourth-order valence-corrected chi connectivity index (χ4v) is 2.26. The molecule has 5 nitrogen and oxygen atoms in total. The second-order valence-electron chi connectivity index (χ2n) is 4.02. The van der Waals surface area contributed by atoms with E-state index in [1.165, 1.54) is 7.11 Å². The molecule has 0 saturated carbocycles. The minimum Gasteiger partial charge on any atom is -0.481 e. The molecule has 1 aromatic heterocycles. The maximum absolute atomic E-state index is 11.1. The van der Waals surface area contributed by atoms with Crippen LogP contribution in [-0.4, -0.2) is 29.7 Å². The summed E-state index contributed by atoms with van der Waals surface area (Å²) in [6.45, 7) is -0.00978. The van der Waals surface area contributed by atoms with Crippen molar-refractivity contribution in [3.63, 3.8) is 0 Å². The number of nitrogens with zero attached hydrogens (tertiary/aromatic N) is 1. The molecule has 0 saturated heterocycles. The molecule has 2 rings (SSSR count). The van der Waals surface area contributed by atoms with E-state index in [1.54, 1.807) is 24.3 Å². The number of aliphatic carboxylic acids is 1. The number of fused-ring (bicyclic) bond motifs is 1. The topological polar surface area (TPSA) is 85.4 Å². The molecule has 0 bridgehead atoms. The molecule has 6 heteroatoms. The molecule has 3 N–H and O–H groups in total. The quantitative estimate of drug-likeness (QED) is 0.895. The van der Waals surface area contributed by atoms with E-state index < -0.39 is 11.9 Å². The number of carboxylic acid groups (broad SMARTS) is 1. The number of rotatable bonds is 4. The zero-order valence-corrected chi connectivity index (χ0v) is 11.0. The van der Waals surface area contributed by atoms with Crippen molar-refractivity contribution in [2.75, 3.05) is 13.7 Å². The summed E-state index contributed by atoms with van der Waals surface area (Å²) in [7, 11) is 1.53. The molecule has 0 radical (unpaired) electrons. The fourth-order valence-electron chi connectivity index (χ4n) is 1.91. The normalized spacial score (nSPS) is 12.4. The van der Waals surface area contributed by atoms with Crippen LogP contribution in [0.3, 0.4) is 0 Å². The van der Waals surface area contributed by atoms with E-state index in [-0.39, 0.29) is 6.54 Å². The highest BCUT2D eigenvalue weighted by Crippen LogP contribution is 2.32. The van der Waals surface area contributed by atoms with Crippen LogP contribution in [0, 0.1) is 0 Å². The maximum atomic E-state index is 11.1. The zero-order chi connectivity index (χ0) is 14.0. The first kappa shape index (κ1) is 13.6. The Morgan fingerprint density at radius 1 is 1.47 bits per heavy atom. The van der Waals surface area contributed by atoms with E-state index in [2.05, 4.69) is 4.98 Å². The number of aromatic nitrogens is 1. The van der Waals surface area contributed by atoms with Crippen molar-refractivity contribution in [1.82, 2.24) is 4.98 Å². The summed E-state index contributed by atoms with van der Waals surface area (Å²) in [4.78, 5) is 15.4. The van der Waals surface area contributed by atoms with Gasteiger partial charge in [0.2, 0.25) is 5.88 Å². The second-order valence-corrected chi connectivity index (χ2v) is 4.39. The largest absolute Gasteiger partial charge is 0.481 e. The third-order valence-corrected chi connectivity index (χ3v) is 3.35. The standard InChI is InChI=1S/C13H13ClN2O3/c1-19-11-5-3-8-10(16-11)4-2-7(12(8)14)9(6-15)13(17)18/h2-5,9H,6,15H2,1H3,(H,17,18). The number of carbonyl (C=O) groups is 1. The van der Waals surface area contributed by atoms with Gasteiger partial charge in [0.05, 0.1) is 23.6 Å². The van der Waals surface area contributed by atoms with Crippen LogP contribution in [0.15, 0.2) is 24.3 Å². The van der Waals surface area contributed by atoms with Gasteiger partial charge in [0.15, 0.2) is 0 Å². The van der Waals surface area contributed by atoms with Crippen LogP contribution in [0.1, 0.15) is 11.5 Å². The van der Waals surface area contributed by atoms with Gasteiger partial charge in [0, 0.05) is 18.0 Å². The number of benzene rings is 1. The summed E-state index contributed by atoms with van der Waals surface area (Å²) in [6.07, 6.45) is 0. The molecule has 1 aromatic carbocycles. The lowest BCUT2D eigenvalue weighted by atomic mass is 9.97. The number of hydrogen-bond acceptors (Lipinski definition) is 4. The number of hydrogen-bond donors (Lipinski definition) is 2. The molecule has 0 aliphatic heterocycles. The lowest BCUT2D eigenvalue weighted by Crippen LogP contribution is -2.21. The van der Waals surface area contributed by atoms with Gasteiger partial charge in [-0.15, -0.1) is 0 Å². The van der Waals surface area contributed by atoms with E-state index in [1.807, 2.05) is 0 Å². The molecule has 0 aliphatic rings. The van der Waals surface area contributed by atoms with Crippen molar-refractivity contribution < 1.29 is 14.6 Å². The number of pyridine rings is 1. The number of carboxylic acids is 1. The molecule has 0 aliphatic carbocycles. The summed E-state index contributed by atoms with van der Waals surface area (Å²) in [5, 5.41) is 10.2. The van der Waals surface area contributed by atoms with Gasteiger partial charge in [-0.05, 0) is 17.7 Å². The molecule has 2 aromatic rings. The van der Waals surface area contributed by atoms with Crippen molar-refractivity contribution in [1.29, 1.82) is 0 Å². The molecule has 0 fully saturated rings. The Hall–Kier alpha value is -1.85. The van der Waals surface area contributed by atoms with Gasteiger partial charge in [-0.25, -0.2) is 4.98 Å². The van der Waals surface area contributed by atoms with Crippen LogP contribution < -0.4 is 10.5 Å². The molecular formula is C13H13ClN2O3. The van der Waals surface area contributed by atoms with Crippen LogP contribution in [-0.2, 0) is 4.79 Å². The van der Waals surface area contributed by atoms with Crippen LogP contribution in [0.2, 0.25) is 5.02 Å². The summed E-state index contributed by atoms with van der Waals surface area (Å²) in [5.74, 6) is -1.34. The monoisotopic (exact) mass is 280 g/mol. The Morgan fingerprint density at radius 2 is 2.21 bits per heavy atom. The van der Waals surface area contributed by atoms with Gasteiger partial charge < -0.3 is 15.6 Å². The summed E-state index contributed by atoms with van der Waals surface area (Å²) in [5.41, 5.74) is 6.63. The summed E-state index contributed by atoms with van der Waals surface area (Å²) < 4.78 is 5.03. The third-order valence-electron chi connectivity index (χ3n) is 2.93. The highest BCUT2D eigenvalue weighted by molar-refractivity contribution is 6.36.